The Hall–Kier alpha value is -2.65. The van der Waals surface area contributed by atoms with Gasteiger partial charge in [-0.05, 0) is 53.4 Å². The van der Waals surface area contributed by atoms with Crippen LogP contribution in [-0.4, -0.2) is 61.2 Å². The summed E-state index contributed by atoms with van der Waals surface area (Å²) in [4.78, 5) is 4.85. The fraction of sp³-hybridized carbons (Fsp3) is 0.333. The van der Waals surface area contributed by atoms with Crippen molar-refractivity contribution >= 4 is 57.9 Å². The lowest BCUT2D eigenvalue weighted by Crippen LogP contribution is -2.47. The summed E-state index contributed by atoms with van der Waals surface area (Å²) in [5.41, 5.74) is 4.64. The van der Waals surface area contributed by atoms with Gasteiger partial charge in [0, 0.05) is 56.3 Å². The number of rotatable bonds is 10. The fourth-order valence-corrected chi connectivity index (χ4v) is 5.98. The molecule has 3 aromatic rings. The highest BCUT2D eigenvalue weighted by Crippen LogP contribution is 2.29. The molecule has 0 N–H and O–H groups in total. The molecule has 212 valence electrons. The molecule has 0 radical (unpaired) electrons. The van der Waals surface area contributed by atoms with Gasteiger partial charge in [0.25, 0.3) is 6.43 Å². The lowest BCUT2D eigenvalue weighted by molar-refractivity contribution is 0.224. The SMILES string of the molecule is C.FC(F)C1=NN=C(c2ccc(CN(SCCN3CCN(c4ccc(Cl)c(Cl)c4)CC3)c3ccccc3)cc2)C1. The monoisotopic (exact) mass is 603 g/mol. The van der Waals surface area contributed by atoms with Gasteiger partial charge >= 0.3 is 0 Å². The molecule has 5 nitrogen and oxygen atoms in total. The van der Waals surface area contributed by atoms with Gasteiger partial charge in [0.15, 0.2) is 0 Å². The highest BCUT2D eigenvalue weighted by Gasteiger charge is 2.22. The quantitative estimate of drug-likeness (QED) is 0.220. The van der Waals surface area contributed by atoms with Crippen molar-refractivity contribution in [2.24, 2.45) is 10.2 Å². The lowest BCUT2D eigenvalue weighted by atomic mass is 10.0. The van der Waals surface area contributed by atoms with Crippen molar-refractivity contribution in [2.75, 3.05) is 47.7 Å². The molecule has 0 atom stereocenters. The second-order valence-electron chi connectivity index (χ2n) is 9.44. The molecule has 40 heavy (non-hydrogen) atoms. The molecule has 0 amide bonds. The summed E-state index contributed by atoms with van der Waals surface area (Å²) < 4.78 is 28.1. The van der Waals surface area contributed by atoms with Gasteiger partial charge < -0.3 is 9.21 Å². The van der Waals surface area contributed by atoms with Crippen LogP contribution in [0.4, 0.5) is 20.2 Å². The van der Waals surface area contributed by atoms with Crippen molar-refractivity contribution in [3.63, 3.8) is 0 Å². The van der Waals surface area contributed by atoms with Gasteiger partial charge in [-0.25, -0.2) is 8.78 Å². The molecular formula is C30H33Cl2F2N5S. The Morgan fingerprint density at radius 1 is 0.875 bits per heavy atom. The third-order valence-electron chi connectivity index (χ3n) is 6.85. The second kappa shape index (κ2) is 14.3. The van der Waals surface area contributed by atoms with Crippen LogP contribution in [0.3, 0.4) is 0 Å². The van der Waals surface area contributed by atoms with Crippen LogP contribution in [-0.2, 0) is 6.54 Å². The summed E-state index contributed by atoms with van der Waals surface area (Å²) in [6, 6.07) is 24.1. The van der Waals surface area contributed by atoms with Gasteiger partial charge in [-0.1, -0.05) is 73.1 Å². The van der Waals surface area contributed by atoms with Gasteiger partial charge in [0.2, 0.25) is 0 Å². The summed E-state index contributed by atoms with van der Waals surface area (Å²) in [5, 5.41) is 8.75. The van der Waals surface area contributed by atoms with Crippen LogP contribution in [0.5, 0.6) is 0 Å². The zero-order valence-corrected chi connectivity index (χ0v) is 23.6. The summed E-state index contributed by atoms with van der Waals surface area (Å²) in [6.45, 7) is 5.61. The molecule has 0 aromatic heterocycles. The van der Waals surface area contributed by atoms with Gasteiger partial charge in [-0.3, -0.25) is 4.90 Å². The summed E-state index contributed by atoms with van der Waals surface area (Å²) >= 11 is 14.1. The predicted octanol–water partition coefficient (Wildman–Crippen LogP) is 7.92. The number of benzene rings is 3. The van der Waals surface area contributed by atoms with E-state index >= 15 is 0 Å². The minimum Gasteiger partial charge on any atom is -0.369 e. The van der Waals surface area contributed by atoms with Gasteiger partial charge in [-0.2, -0.15) is 10.2 Å². The average molecular weight is 605 g/mol. The minimum atomic E-state index is -2.56. The van der Waals surface area contributed by atoms with Crippen molar-refractivity contribution in [1.82, 2.24) is 4.90 Å². The fourth-order valence-electron chi connectivity index (χ4n) is 4.61. The van der Waals surface area contributed by atoms with Gasteiger partial charge in [0.1, 0.15) is 5.71 Å². The molecular weight excluding hydrogens is 571 g/mol. The van der Waals surface area contributed by atoms with E-state index in [-0.39, 0.29) is 19.6 Å². The van der Waals surface area contributed by atoms with E-state index in [0.29, 0.717) is 15.8 Å². The van der Waals surface area contributed by atoms with E-state index in [1.165, 1.54) is 0 Å². The molecule has 2 aliphatic heterocycles. The van der Waals surface area contributed by atoms with E-state index in [1.807, 2.05) is 72.6 Å². The lowest BCUT2D eigenvalue weighted by Gasteiger charge is -2.36. The normalized spacial score (nSPS) is 15.6. The van der Waals surface area contributed by atoms with Crippen LogP contribution >= 0.6 is 35.1 Å². The summed E-state index contributed by atoms with van der Waals surface area (Å²) in [7, 11) is 0. The zero-order chi connectivity index (χ0) is 27.2. The Bertz CT molecular complexity index is 1310. The van der Waals surface area contributed by atoms with Crippen molar-refractivity contribution in [3.05, 3.63) is 94.0 Å². The molecule has 1 fully saturated rings. The first-order valence-corrected chi connectivity index (χ1v) is 14.5. The van der Waals surface area contributed by atoms with Gasteiger partial charge in [-0.15, -0.1) is 0 Å². The van der Waals surface area contributed by atoms with Crippen molar-refractivity contribution in [3.8, 4) is 0 Å². The minimum absolute atomic E-state index is 0. The van der Waals surface area contributed by atoms with E-state index in [1.54, 1.807) is 0 Å². The molecule has 1 saturated heterocycles. The molecule has 3 aromatic carbocycles. The van der Waals surface area contributed by atoms with Crippen LogP contribution in [0.2, 0.25) is 10.0 Å². The first-order chi connectivity index (χ1) is 19.0. The molecule has 2 aliphatic rings. The molecule has 2 heterocycles. The number of hydrogen-bond acceptors (Lipinski definition) is 6. The van der Waals surface area contributed by atoms with E-state index in [0.717, 1.165) is 67.5 Å². The zero-order valence-electron chi connectivity index (χ0n) is 21.3. The second-order valence-corrected chi connectivity index (χ2v) is 11.4. The smallest absolute Gasteiger partial charge is 0.278 e. The predicted molar refractivity (Wildman–Crippen MR) is 168 cm³/mol. The van der Waals surface area contributed by atoms with Crippen molar-refractivity contribution in [2.45, 2.75) is 26.8 Å². The number of hydrogen-bond donors (Lipinski definition) is 0. The van der Waals surface area contributed by atoms with Crippen LogP contribution < -0.4 is 9.21 Å². The Morgan fingerprint density at radius 2 is 1.60 bits per heavy atom. The van der Waals surface area contributed by atoms with E-state index in [9.17, 15) is 8.78 Å². The van der Waals surface area contributed by atoms with Crippen molar-refractivity contribution in [1.29, 1.82) is 0 Å². The number of nitrogens with zero attached hydrogens (tertiary/aromatic N) is 5. The standard InChI is InChI=1S/C29H29Cl2F2N5S.CH4/c30-25-11-10-24(18-26(25)31)37-14-12-36(13-15-37)16-17-39-38(23-4-2-1-3-5-23)20-21-6-8-22(9-7-21)27-19-28(29(32)33)35-34-27;/h1-11,18,29H,12-17,19-20H2;1H4. The largest absolute Gasteiger partial charge is 0.369 e. The van der Waals surface area contributed by atoms with E-state index < -0.39 is 6.43 Å². The number of piperazine rings is 1. The van der Waals surface area contributed by atoms with Crippen molar-refractivity contribution < 1.29 is 8.78 Å². The molecule has 0 spiro atoms. The third kappa shape index (κ3) is 7.75. The maximum absolute atomic E-state index is 12.9. The number of alkyl halides is 2. The number of halogens is 4. The molecule has 0 aliphatic carbocycles. The highest BCUT2D eigenvalue weighted by molar-refractivity contribution is 8.00. The Balaban J connectivity index is 0.00000370. The Kier molecular flexibility index (Phi) is 10.8. The highest BCUT2D eigenvalue weighted by atomic mass is 35.5. The molecule has 5 rings (SSSR count). The first-order valence-electron chi connectivity index (χ1n) is 12.8. The van der Waals surface area contributed by atoms with Crippen LogP contribution in [0, 0.1) is 0 Å². The number of anilines is 2. The molecule has 0 bridgehead atoms. The van der Waals surface area contributed by atoms with Crippen LogP contribution in [0.15, 0.2) is 83.0 Å². The maximum atomic E-state index is 12.9. The van der Waals surface area contributed by atoms with E-state index in [2.05, 4.69) is 36.4 Å². The maximum Gasteiger partial charge on any atom is 0.278 e. The Labute approximate surface area is 249 Å². The first kappa shape index (κ1) is 30.3. The van der Waals surface area contributed by atoms with Gasteiger partial charge in [0.05, 0.1) is 22.3 Å². The number of para-hydroxylation sites is 1. The summed E-state index contributed by atoms with van der Waals surface area (Å²) in [5.74, 6) is 0.963. The van der Waals surface area contributed by atoms with Crippen LogP contribution in [0.1, 0.15) is 25.0 Å². The third-order valence-corrected chi connectivity index (χ3v) is 8.61. The topological polar surface area (TPSA) is 34.4 Å². The summed E-state index contributed by atoms with van der Waals surface area (Å²) in [6.07, 6.45) is -2.46. The molecule has 0 unspecified atom stereocenters. The van der Waals surface area contributed by atoms with E-state index in [4.69, 9.17) is 23.2 Å². The molecule has 0 saturated carbocycles. The molecule has 10 heteroatoms. The average Bonchev–Trinajstić information content (AvgIpc) is 3.46. The van der Waals surface area contributed by atoms with Crippen LogP contribution in [0.25, 0.3) is 0 Å². The Morgan fingerprint density at radius 3 is 2.25 bits per heavy atom.